The highest BCUT2D eigenvalue weighted by atomic mass is 16.5. The fourth-order valence-corrected chi connectivity index (χ4v) is 1.58. The van der Waals surface area contributed by atoms with Crippen molar-refractivity contribution >= 4 is 22.5 Å². The Labute approximate surface area is 106 Å². The SMILES string of the molecule is COc1ccc2cc(NC(=O)C(C)C)cnc2c1. The summed E-state index contributed by atoms with van der Waals surface area (Å²) in [6.07, 6.45) is 1.65. The molecule has 0 spiro atoms. The highest BCUT2D eigenvalue weighted by Gasteiger charge is 2.07. The molecule has 0 radical (unpaired) electrons. The standard InChI is InChI=1S/C14H16N2O2/c1-9(2)14(17)16-11-6-10-4-5-12(18-3)7-13(10)15-8-11/h4-9H,1-3H3,(H,16,17). The molecule has 0 aliphatic rings. The third-order valence-electron chi connectivity index (χ3n) is 2.68. The molecule has 1 heterocycles. The molecule has 94 valence electrons. The molecule has 2 aromatic rings. The summed E-state index contributed by atoms with van der Waals surface area (Å²) < 4.78 is 5.14. The van der Waals surface area contributed by atoms with E-state index in [1.165, 1.54) is 0 Å². The van der Waals surface area contributed by atoms with E-state index in [-0.39, 0.29) is 11.8 Å². The molecule has 1 N–H and O–H groups in total. The molecular formula is C14H16N2O2. The van der Waals surface area contributed by atoms with Crippen LogP contribution in [0.15, 0.2) is 30.5 Å². The van der Waals surface area contributed by atoms with Crippen molar-refractivity contribution in [3.63, 3.8) is 0 Å². The topological polar surface area (TPSA) is 51.2 Å². The van der Waals surface area contributed by atoms with Gasteiger partial charge in [0.1, 0.15) is 5.75 Å². The minimum atomic E-state index is -0.0448. The predicted molar refractivity (Wildman–Crippen MR) is 71.8 cm³/mol. The van der Waals surface area contributed by atoms with Gasteiger partial charge in [0, 0.05) is 17.4 Å². The summed E-state index contributed by atoms with van der Waals surface area (Å²) in [6.45, 7) is 3.71. The minimum absolute atomic E-state index is 0.00957. The summed E-state index contributed by atoms with van der Waals surface area (Å²) in [7, 11) is 1.62. The summed E-state index contributed by atoms with van der Waals surface area (Å²) in [5.41, 5.74) is 1.56. The second-order valence-corrected chi connectivity index (χ2v) is 4.43. The van der Waals surface area contributed by atoms with Gasteiger partial charge in [-0.3, -0.25) is 9.78 Å². The number of ether oxygens (including phenoxy) is 1. The Balaban J connectivity index is 2.30. The molecule has 0 aliphatic heterocycles. The Morgan fingerprint density at radius 1 is 1.33 bits per heavy atom. The van der Waals surface area contributed by atoms with E-state index in [4.69, 9.17) is 4.74 Å². The number of fused-ring (bicyclic) bond motifs is 1. The average molecular weight is 244 g/mol. The fourth-order valence-electron chi connectivity index (χ4n) is 1.58. The summed E-state index contributed by atoms with van der Waals surface area (Å²) in [5.74, 6) is 0.718. The zero-order chi connectivity index (χ0) is 13.1. The van der Waals surface area contributed by atoms with Gasteiger partial charge >= 0.3 is 0 Å². The van der Waals surface area contributed by atoms with Gasteiger partial charge in [0.25, 0.3) is 0 Å². The molecule has 1 aromatic carbocycles. The monoisotopic (exact) mass is 244 g/mol. The predicted octanol–water partition coefficient (Wildman–Crippen LogP) is 2.84. The van der Waals surface area contributed by atoms with Gasteiger partial charge in [0.05, 0.1) is 24.5 Å². The molecule has 4 nitrogen and oxygen atoms in total. The van der Waals surface area contributed by atoms with Gasteiger partial charge in [-0.2, -0.15) is 0 Å². The number of methoxy groups -OCH3 is 1. The van der Waals surface area contributed by atoms with Crippen LogP contribution in [0.2, 0.25) is 0 Å². The molecule has 0 unspecified atom stereocenters. The molecule has 0 aliphatic carbocycles. The van der Waals surface area contributed by atoms with Crippen molar-refractivity contribution in [1.29, 1.82) is 0 Å². The van der Waals surface area contributed by atoms with Crippen LogP contribution in [0.1, 0.15) is 13.8 Å². The number of hydrogen-bond acceptors (Lipinski definition) is 3. The number of rotatable bonds is 3. The number of aromatic nitrogens is 1. The maximum atomic E-state index is 11.6. The number of carbonyl (C=O) groups excluding carboxylic acids is 1. The number of nitrogens with zero attached hydrogens (tertiary/aromatic N) is 1. The molecular weight excluding hydrogens is 228 g/mol. The normalized spacial score (nSPS) is 10.7. The quantitative estimate of drug-likeness (QED) is 0.903. The van der Waals surface area contributed by atoms with Gasteiger partial charge in [-0.05, 0) is 18.2 Å². The van der Waals surface area contributed by atoms with Crippen molar-refractivity contribution in [1.82, 2.24) is 4.98 Å². The van der Waals surface area contributed by atoms with Crippen LogP contribution in [-0.2, 0) is 4.79 Å². The van der Waals surface area contributed by atoms with Gasteiger partial charge in [-0.1, -0.05) is 13.8 Å². The lowest BCUT2D eigenvalue weighted by molar-refractivity contribution is -0.118. The third-order valence-corrected chi connectivity index (χ3v) is 2.68. The molecule has 0 fully saturated rings. The lowest BCUT2D eigenvalue weighted by Gasteiger charge is -2.08. The second kappa shape index (κ2) is 5.04. The number of carbonyl (C=O) groups is 1. The van der Waals surface area contributed by atoms with E-state index in [1.807, 2.05) is 38.1 Å². The highest BCUT2D eigenvalue weighted by Crippen LogP contribution is 2.21. The van der Waals surface area contributed by atoms with E-state index in [2.05, 4.69) is 10.3 Å². The molecule has 1 aromatic heterocycles. The first kappa shape index (κ1) is 12.4. The van der Waals surface area contributed by atoms with Gasteiger partial charge in [0.2, 0.25) is 5.91 Å². The van der Waals surface area contributed by atoms with Gasteiger partial charge in [-0.15, -0.1) is 0 Å². The number of hydrogen-bond donors (Lipinski definition) is 1. The summed E-state index contributed by atoms with van der Waals surface area (Å²) in [5, 5.41) is 3.80. The number of pyridine rings is 1. The molecule has 2 rings (SSSR count). The number of nitrogens with one attached hydrogen (secondary N) is 1. The van der Waals surface area contributed by atoms with Crippen LogP contribution >= 0.6 is 0 Å². The third kappa shape index (κ3) is 2.59. The highest BCUT2D eigenvalue weighted by molar-refractivity contribution is 5.94. The summed E-state index contributed by atoms with van der Waals surface area (Å²) in [4.78, 5) is 15.9. The average Bonchev–Trinajstić information content (AvgIpc) is 2.37. The van der Waals surface area contributed by atoms with Crippen LogP contribution in [-0.4, -0.2) is 18.0 Å². The van der Waals surface area contributed by atoms with Crippen LogP contribution in [0.25, 0.3) is 10.9 Å². The number of amides is 1. The van der Waals surface area contributed by atoms with Crippen molar-refractivity contribution in [2.45, 2.75) is 13.8 Å². The molecule has 0 saturated carbocycles. The Bertz CT molecular complexity index is 579. The molecule has 0 saturated heterocycles. The Kier molecular flexibility index (Phi) is 3.46. The zero-order valence-corrected chi connectivity index (χ0v) is 10.7. The van der Waals surface area contributed by atoms with Crippen LogP contribution < -0.4 is 10.1 Å². The second-order valence-electron chi connectivity index (χ2n) is 4.43. The molecule has 0 atom stereocenters. The van der Waals surface area contributed by atoms with Crippen LogP contribution in [0.3, 0.4) is 0 Å². The van der Waals surface area contributed by atoms with Gasteiger partial charge in [0.15, 0.2) is 0 Å². The van der Waals surface area contributed by atoms with E-state index in [0.29, 0.717) is 5.69 Å². The van der Waals surface area contributed by atoms with Crippen molar-refractivity contribution in [2.24, 2.45) is 5.92 Å². The minimum Gasteiger partial charge on any atom is -0.497 e. The van der Waals surface area contributed by atoms with Gasteiger partial charge in [-0.25, -0.2) is 0 Å². The fraction of sp³-hybridized carbons (Fsp3) is 0.286. The molecule has 18 heavy (non-hydrogen) atoms. The van der Waals surface area contributed by atoms with Crippen molar-refractivity contribution in [3.05, 3.63) is 30.5 Å². The first-order valence-corrected chi connectivity index (χ1v) is 5.85. The first-order chi connectivity index (χ1) is 8.60. The van der Waals surface area contributed by atoms with E-state index in [0.717, 1.165) is 16.7 Å². The van der Waals surface area contributed by atoms with Crippen LogP contribution in [0.4, 0.5) is 5.69 Å². The van der Waals surface area contributed by atoms with Gasteiger partial charge < -0.3 is 10.1 Å². The Morgan fingerprint density at radius 2 is 2.11 bits per heavy atom. The zero-order valence-electron chi connectivity index (χ0n) is 10.7. The molecule has 1 amide bonds. The maximum Gasteiger partial charge on any atom is 0.226 e. The van der Waals surface area contributed by atoms with Crippen LogP contribution in [0.5, 0.6) is 5.75 Å². The lowest BCUT2D eigenvalue weighted by Crippen LogP contribution is -2.17. The number of benzene rings is 1. The Hall–Kier alpha value is -2.10. The van der Waals surface area contributed by atoms with Crippen molar-refractivity contribution in [3.8, 4) is 5.75 Å². The van der Waals surface area contributed by atoms with Crippen molar-refractivity contribution in [2.75, 3.05) is 12.4 Å². The first-order valence-electron chi connectivity index (χ1n) is 5.85. The maximum absolute atomic E-state index is 11.6. The molecule has 0 bridgehead atoms. The number of anilines is 1. The van der Waals surface area contributed by atoms with Crippen LogP contribution in [0, 0.1) is 5.92 Å². The largest absolute Gasteiger partial charge is 0.497 e. The van der Waals surface area contributed by atoms with E-state index in [1.54, 1.807) is 13.3 Å². The molecule has 4 heteroatoms. The Morgan fingerprint density at radius 3 is 2.78 bits per heavy atom. The van der Waals surface area contributed by atoms with Crippen molar-refractivity contribution < 1.29 is 9.53 Å². The smallest absolute Gasteiger partial charge is 0.226 e. The van der Waals surface area contributed by atoms with E-state index in [9.17, 15) is 4.79 Å². The lowest BCUT2D eigenvalue weighted by atomic mass is 10.2. The van der Waals surface area contributed by atoms with E-state index >= 15 is 0 Å². The summed E-state index contributed by atoms with van der Waals surface area (Å²) >= 11 is 0. The summed E-state index contributed by atoms with van der Waals surface area (Å²) in [6, 6.07) is 7.57. The van der Waals surface area contributed by atoms with E-state index < -0.39 is 0 Å².